The zero-order chi connectivity index (χ0) is 23.2. The van der Waals surface area contributed by atoms with E-state index in [9.17, 15) is 4.79 Å². The molecule has 1 N–H and O–H groups in total. The molecule has 0 bridgehead atoms. The van der Waals surface area contributed by atoms with Crippen molar-refractivity contribution in [2.45, 2.75) is 26.2 Å². The lowest BCUT2D eigenvalue weighted by Gasteiger charge is -2.21. The third-order valence-corrected chi connectivity index (χ3v) is 5.26. The fourth-order valence-corrected chi connectivity index (χ4v) is 3.62. The van der Waals surface area contributed by atoms with Gasteiger partial charge in [0.05, 0.1) is 52.2 Å². The maximum Gasteiger partial charge on any atom is 0.252 e. The van der Waals surface area contributed by atoms with Crippen LogP contribution < -0.4 is 15.0 Å². The molecular formula is C22H26N6O5. The topological polar surface area (TPSA) is 121 Å². The summed E-state index contributed by atoms with van der Waals surface area (Å²) in [4.78, 5) is 17.9. The number of hydrogen-bond acceptors (Lipinski definition) is 9. The van der Waals surface area contributed by atoms with Gasteiger partial charge in [-0.05, 0) is 34.7 Å². The summed E-state index contributed by atoms with van der Waals surface area (Å²) in [5.41, 5.74) is 1.08. The number of ether oxygens (including phenoxy) is 3. The summed E-state index contributed by atoms with van der Waals surface area (Å²) >= 11 is 0. The Hall–Kier alpha value is -3.70. The van der Waals surface area contributed by atoms with Crippen LogP contribution in [0.25, 0.3) is 10.9 Å². The first-order chi connectivity index (χ1) is 16.1. The summed E-state index contributed by atoms with van der Waals surface area (Å²) in [5, 5.41) is 12.8. The first-order valence-corrected chi connectivity index (χ1v) is 10.4. The zero-order valence-electron chi connectivity index (χ0n) is 18.8. The van der Waals surface area contributed by atoms with Crippen molar-refractivity contribution in [3.8, 4) is 11.5 Å². The molecule has 3 heterocycles. The van der Waals surface area contributed by atoms with E-state index in [1.165, 1.54) is 0 Å². The Bertz CT molecular complexity index is 1250. The molecule has 33 heavy (non-hydrogen) atoms. The molecule has 0 atom stereocenters. The lowest BCUT2D eigenvalue weighted by atomic mass is 10.1. The predicted octanol–water partition coefficient (Wildman–Crippen LogP) is 1.97. The highest BCUT2D eigenvalue weighted by Crippen LogP contribution is 2.31. The second-order valence-corrected chi connectivity index (χ2v) is 7.45. The van der Waals surface area contributed by atoms with Gasteiger partial charge < -0.3 is 23.6 Å². The molecule has 174 valence electrons. The Labute approximate surface area is 189 Å². The van der Waals surface area contributed by atoms with E-state index in [-0.39, 0.29) is 5.56 Å². The summed E-state index contributed by atoms with van der Waals surface area (Å²) in [5.74, 6) is 2.58. The molecular weight excluding hydrogens is 428 g/mol. The molecule has 1 aromatic carbocycles. The summed E-state index contributed by atoms with van der Waals surface area (Å²) < 4.78 is 23.1. The highest BCUT2D eigenvalue weighted by molar-refractivity contribution is 5.83. The monoisotopic (exact) mass is 454 g/mol. The summed E-state index contributed by atoms with van der Waals surface area (Å²) in [6, 6.07) is 9.18. The largest absolute Gasteiger partial charge is 0.493 e. The fourth-order valence-electron chi connectivity index (χ4n) is 3.62. The van der Waals surface area contributed by atoms with Gasteiger partial charge in [-0.3, -0.25) is 9.69 Å². The average molecular weight is 454 g/mol. The minimum atomic E-state index is -0.182. The third-order valence-electron chi connectivity index (χ3n) is 5.26. The van der Waals surface area contributed by atoms with E-state index in [4.69, 9.17) is 18.6 Å². The number of pyridine rings is 1. The molecule has 0 saturated carbocycles. The normalized spacial score (nSPS) is 11.4. The Balaban J connectivity index is 1.64. The van der Waals surface area contributed by atoms with Crippen molar-refractivity contribution in [2.24, 2.45) is 0 Å². The van der Waals surface area contributed by atoms with Crippen molar-refractivity contribution in [1.82, 2.24) is 30.1 Å². The molecule has 4 rings (SSSR count). The summed E-state index contributed by atoms with van der Waals surface area (Å²) in [6.07, 6.45) is 1.62. The average Bonchev–Trinajstić information content (AvgIpc) is 3.49. The Morgan fingerprint density at radius 2 is 1.91 bits per heavy atom. The number of aromatic amines is 1. The number of tetrazole rings is 1. The van der Waals surface area contributed by atoms with E-state index in [1.54, 1.807) is 38.3 Å². The second-order valence-electron chi connectivity index (χ2n) is 7.45. The maximum absolute atomic E-state index is 12.9. The van der Waals surface area contributed by atoms with Crippen LogP contribution in [0.5, 0.6) is 11.5 Å². The van der Waals surface area contributed by atoms with Crippen LogP contribution in [0.2, 0.25) is 0 Å². The predicted molar refractivity (Wildman–Crippen MR) is 119 cm³/mol. The van der Waals surface area contributed by atoms with Gasteiger partial charge in [0.25, 0.3) is 5.56 Å². The first kappa shape index (κ1) is 22.5. The molecule has 0 fully saturated rings. The highest BCUT2D eigenvalue weighted by Gasteiger charge is 2.17. The van der Waals surface area contributed by atoms with E-state index in [0.717, 1.165) is 11.1 Å². The Morgan fingerprint density at radius 3 is 2.64 bits per heavy atom. The van der Waals surface area contributed by atoms with Crippen LogP contribution in [0.1, 0.15) is 17.1 Å². The number of nitrogens with zero attached hydrogens (tertiary/aromatic N) is 5. The smallest absolute Gasteiger partial charge is 0.252 e. The van der Waals surface area contributed by atoms with Gasteiger partial charge in [0.1, 0.15) is 5.76 Å². The quantitative estimate of drug-likeness (QED) is 0.363. The molecule has 11 nitrogen and oxygen atoms in total. The van der Waals surface area contributed by atoms with Crippen molar-refractivity contribution >= 4 is 10.9 Å². The van der Waals surface area contributed by atoms with Gasteiger partial charge in [-0.1, -0.05) is 0 Å². The molecule has 0 unspecified atom stereocenters. The van der Waals surface area contributed by atoms with Crippen molar-refractivity contribution in [1.29, 1.82) is 0 Å². The van der Waals surface area contributed by atoms with E-state index < -0.39 is 0 Å². The van der Waals surface area contributed by atoms with Gasteiger partial charge >= 0.3 is 0 Å². The van der Waals surface area contributed by atoms with Crippen LogP contribution in [0.15, 0.2) is 45.8 Å². The molecule has 0 saturated heterocycles. The lowest BCUT2D eigenvalue weighted by molar-refractivity contribution is 0.176. The van der Waals surface area contributed by atoms with Crippen LogP contribution in [0, 0.1) is 0 Å². The number of methoxy groups -OCH3 is 3. The summed E-state index contributed by atoms with van der Waals surface area (Å²) in [7, 11) is 4.77. The molecule has 0 aliphatic heterocycles. The first-order valence-electron chi connectivity index (χ1n) is 10.4. The van der Waals surface area contributed by atoms with Gasteiger partial charge in [-0.25, -0.2) is 4.68 Å². The molecule has 0 radical (unpaired) electrons. The molecule has 11 heteroatoms. The molecule has 0 aliphatic carbocycles. The van der Waals surface area contributed by atoms with Gasteiger partial charge in [0, 0.05) is 30.7 Å². The van der Waals surface area contributed by atoms with Crippen molar-refractivity contribution in [2.75, 3.05) is 27.9 Å². The Kier molecular flexibility index (Phi) is 7.01. The molecule has 0 spiro atoms. The van der Waals surface area contributed by atoms with Gasteiger partial charge in [-0.2, -0.15) is 0 Å². The minimum Gasteiger partial charge on any atom is -0.493 e. The van der Waals surface area contributed by atoms with Crippen LogP contribution in [-0.2, 0) is 30.9 Å². The van der Waals surface area contributed by atoms with E-state index in [0.29, 0.717) is 61.2 Å². The minimum absolute atomic E-state index is 0.182. The third kappa shape index (κ3) is 5.21. The standard InChI is InChI=1S/C22H26N6O5/c1-30-8-6-28-21(24-25-26-28)14-27(13-17-5-4-7-33-17)12-16-9-15-10-19(31-2)20(32-3)11-18(15)23-22(16)29/h4-5,7,9-11H,6,8,12-14H2,1-3H3,(H,23,29). The Morgan fingerprint density at radius 1 is 1.09 bits per heavy atom. The lowest BCUT2D eigenvalue weighted by Crippen LogP contribution is -2.28. The van der Waals surface area contributed by atoms with Gasteiger partial charge in [-0.15, -0.1) is 5.10 Å². The molecule has 0 aliphatic rings. The van der Waals surface area contributed by atoms with E-state index in [2.05, 4.69) is 20.5 Å². The van der Waals surface area contributed by atoms with Crippen LogP contribution in [-0.4, -0.2) is 58.0 Å². The fraction of sp³-hybridized carbons (Fsp3) is 0.364. The van der Waals surface area contributed by atoms with Gasteiger partial charge in [0.15, 0.2) is 17.3 Å². The second kappa shape index (κ2) is 10.3. The number of rotatable bonds is 11. The summed E-state index contributed by atoms with van der Waals surface area (Å²) in [6.45, 7) is 2.28. The van der Waals surface area contributed by atoms with Crippen LogP contribution in [0.3, 0.4) is 0 Å². The van der Waals surface area contributed by atoms with Gasteiger partial charge in [0.2, 0.25) is 0 Å². The van der Waals surface area contributed by atoms with E-state index in [1.807, 2.05) is 29.2 Å². The van der Waals surface area contributed by atoms with Crippen LogP contribution in [0.4, 0.5) is 0 Å². The number of hydrogen-bond donors (Lipinski definition) is 1. The highest BCUT2D eigenvalue weighted by atomic mass is 16.5. The molecule has 3 aromatic heterocycles. The molecule has 0 amide bonds. The SMILES string of the molecule is COCCn1nnnc1CN(Cc1ccco1)Cc1cc2cc(OC)c(OC)cc2[nH]c1=O. The number of H-pyrrole nitrogens is 1. The molecule has 4 aromatic rings. The maximum atomic E-state index is 12.9. The zero-order valence-corrected chi connectivity index (χ0v) is 18.8. The number of furan rings is 1. The van der Waals surface area contributed by atoms with Crippen molar-refractivity contribution in [3.05, 3.63) is 64.1 Å². The number of aromatic nitrogens is 5. The van der Waals surface area contributed by atoms with Crippen molar-refractivity contribution < 1.29 is 18.6 Å². The van der Waals surface area contributed by atoms with Crippen LogP contribution >= 0.6 is 0 Å². The number of fused-ring (bicyclic) bond motifs is 1. The number of nitrogens with one attached hydrogen (secondary N) is 1. The number of benzene rings is 1. The van der Waals surface area contributed by atoms with E-state index >= 15 is 0 Å². The van der Waals surface area contributed by atoms with Crippen molar-refractivity contribution in [3.63, 3.8) is 0 Å².